The Kier molecular flexibility index (Phi) is 6.97. The van der Waals surface area contributed by atoms with Gasteiger partial charge in [0.05, 0.1) is 0 Å². The fourth-order valence-corrected chi connectivity index (χ4v) is 4.14. The van der Waals surface area contributed by atoms with Gasteiger partial charge in [0, 0.05) is 45.2 Å². The van der Waals surface area contributed by atoms with Crippen molar-refractivity contribution in [2.24, 2.45) is 0 Å². The summed E-state index contributed by atoms with van der Waals surface area (Å²) in [5.41, 5.74) is 6.63. The summed E-state index contributed by atoms with van der Waals surface area (Å²) in [6.07, 6.45) is 0.866. The first-order valence-corrected chi connectivity index (χ1v) is 11.1. The molecule has 0 aliphatic carbocycles. The molecule has 2 amide bonds. The molecule has 2 N–H and O–H groups in total. The second kappa shape index (κ2) is 10.2. The van der Waals surface area contributed by atoms with Gasteiger partial charge in [-0.05, 0) is 40.3 Å². The molecule has 5 heteroatoms. The molecule has 0 bridgehead atoms. The highest BCUT2D eigenvalue weighted by Gasteiger charge is 2.21. The molecule has 0 radical (unpaired) electrons. The van der Waals surface area contributed by atoms with Crippen LogP contribution in [0.5, 0.6) is 0 Å². The smallest absolute Gasteiger partial charge is 0.251 e. The van der Waals surface area contributed by atoms with Crippen molar-refractivity contribution < 1.29 is 9.59 Å². The number of rotatable bonds is 7. The Morgan fingerprint density at radius 2 is 1.50 bits per heavy atom. The quantitative estimate of drug-likeness (QED) is 0.603. The molecule has 5 nitrogen and oxygen atoms in total. The summed E-state index contributed by atoms with van der Waals surface area (Å²) in [5, 5.41) is 5.88. The first kappa shape index (κ1) is 21.8. The average Bonchev–Trinajstić information content (AvgIpc) is 2.82. The van der Waals surface area contributed by atoms with E-state index in [4.69, 9.17) is 0 Å². The molecule has 0 saturated carbocycles. The van der Waals surface area contributed by atoms with Crippen LogP contribution in [0.25, 0.3) is 0 Å². The average molecular weight is 428 g/mol. The summed E-state index contributed by atoms with van der Waals surface area (Å²) in [6.45, 7) is 5.24. The van der Waals surface area contributed by atoms with E-state index in [2.05, 4.69) is 45.9 Å². The van der Waals surface area contributed by atoms with Gasteiger partial charge in [0.1, 0.15) is 0 Å². The number of nitrogens with zero attached hydrogens (tertiary/aromatic N) is 1. The lowest BCUT2D eigenvalue weighted by atomic mass is 9.93. The second-order valence-electron chi connectivity index (χ2n) is 8.30. The lowest BCUT2D eigenvalue weighted by molar-refractivity contribution is -0.119. The Balaban J connectivity index is 1.37. The first-order chi connectivity index (χ1) is 15.6. The molecule has 1 aliphatic rings. The van der Waals surface area contributed by atoms with Gasteiger partial charge < -0.3 is 10.6 Å². The zero-order valence-corrected chi connectivity index (χ0v) is 18.4. The molecular weight excluding hydrogens is 398 g/mol. The number of carbonyl (C=O) groups is 2. The van der Waals surface area contributed by atoms with E-state index in [1.165, 1.54) is 23.6 Å². The molecule has 0 aromatic heterocycles. The van der Waals surface area contributed by atoms with E-state index >= 15 is 0 Å². The SMILES string of the molecule is CC(=O)NCc1ccc(CN2CCc3c(cccc3C(=O)NCc3ccccc3)C2)cc1. The van der Waals surface area contributed by atoms with Crippen molar-refractivity contribution in [2.75, 3.05) is 6.54 Å². The summed E-state index contributed by atoms with van der Waals surface area (Å²) >= 11 is 0. The van der Waals surface area contributed by atoms with E-state index < -0.39 is 0 Å². The molecule has 3 aromatic rings. The fourth-order valence-electron chi connectivity index (χ4n) is 4.14. The van der Waals surface area contributed by atoms with Gasteiger partial charge >= 0.3 is 0 Å². The topological polar surface area (TPSA) is 61.4 Å². The molecular formula is C27H29N3O2. The van der Waals surface area contributed by atoms with E-state index in [-0.39, 0.29) is 11.8 Å². The number of fused-ring (bicyclic) bond motifs is 1. The van der Waals surface area contributed by atoms with Crippen molar-refractivity contribution in [1.29, 1.82) is 0 Å². The third-order valence-corrected chi connectivity index (χ3v) is 5.86. The van der Waals surface area contributed by atoms with Crippen molar-refractivity contribution >= 4 is 11.8 Å². The molecule has 1 aliphatic heterocycles. The van der Waals surface area contributed by atoms with Crippen molar-refractivity contribution in [1.82, 2.24) is 15.5 Å². The van der Waals surface area contributed by atoms with Crippen LogP contribution in [0.4, 0.5) is 0 Å². The van der Waals surface area contributed by atoms with E-state index in [0.29, 0.717) is 13.1 Å². The minimum absolute atomic E-state index is 0.00564. The summed E-state index contributed by atoms with van der Waals surface area (Å²) in [6, 6.07) is 24.4. The highest BCUT2D eigenvalue weighted by atomic mass is 16.2. The summed E-state index contributed by atoms with van der Waals surface area (Å²) in [5.74, 6) is -0.0249. The first-order valence-electron chi connectivity index (χ1n) is 11.1. The Hall–Kier alpha value is -3.44. The Morgan fingerprint density at radius 3 is 2.25 bits per heavy atom. The Labute approximate surface area is 189 Å². The minimum Gasteiger partial charge on any atom is -0.352 e. The van der Waals surface area contributed by atoms with Crippen LogP contribution < -0.4 is 10.6 Å². The third-order valence-electron chi connectivity index (χ3n) is 5.86. The van der Waals surface area contributed by atoms with Gasteiger partial charge in [0.2, 0.25) is 5.91 Å². The van der Waals surface area contributed by atoms with Crippen LogP contribution in [0.15, 0.2) is 72.8 Å². The molecule has 32 heavy (non-hydrogen) atoms. The normalized spacial score (nSPS) is 13.3. The maximum Gasteiger partial charge on any atom is 0.251 e. The molecule has 3 aromatic carbocycles. The maximum atomic E-state index is 12.8. The van der Waals surface area contributed by atoms with Crippen LogP contribution in [0.2, 0.25) is 0 Å². The van der Waals surface area contributed by atoms with E-state index in [1.54, 1.807) is 0 Å². The highest BCUT2D eigenvalue weighted by molar-refractivity contribution is 5.96. The van der Waals surface area contributed by atoms with Crippen molar-refractivity contribution in [2.45, 2.75) is 39.5 Å². The molecule has 164 valence electrons. The van der Waals surface area contributed by atoms with Gasteiger partial charge in [-0.25, -0.2) is 0 Å². The number of hydrogen-bond acceptors (Lipinski definition) is 3. The van der Waals surface area contributed by atoms with Gasteiger partial charge in [-0.15, -0.1) is 0 Å². The van der Waals surface area contributed by atoms with Crippen LogP contribution in [-0.2, 0) is 37.4 Å². The maximum absolute atomic E-state index is 12.8. The van der Waals surface area contributed by atoms with Gasteiger partial charge in [-0.2, -0.15) is 0 Å². The highest BCUT2D eigenvalue weighted by Crippen LogP contribution is 2.24. The zero-order valence-electron chi connectivity index (χ0n) is 18.4. The lowest BCUT2D eigenvalue weighted by Gasteiger charge is -2.30. The largest absolute Gasteiger partial charge is 0.352 e. The number of nitrogens with one attached hydrogen (secondary N) is 2. The second-order valence-corrected chi connectivity index (χ2v) is 8.30. The summed E-state index contributed by atoms with van der Waals surface area (Å²) < 4.78 is 0. The lowest BCUT2D eigenvalue weighted by Crippen LogP contribution is -2.32. The van der Waals surface area contributed by atoms with Gasteiger partial charge in [-0.3, -0.25) is 14.5 Å². The van der Waals surface area contributed by atoms with E-state index in [1.807, 2.05) is 42.5 Å². The molecule has 0 fully saturated rings. The van der Waals surface area contributed by atoms with Gasteiger partial charge in [0.15, 0.2) is 0 Å². The minimum atomic E-state index is -0.0193. The van der Waals surface area contributed by atoms with Gasteiger partial charge in [-0.1, -0.05) is 66.7 Å². The van der Waals surface area contributed by atoms with Crippen LogP contribution in [0, 0.1) is 0 Å². The fraction of sp³-hybridized carbons (Fsp3) is 0.259. The number of amides is 2. The van der Waals surface area contributed by atoms with Gasteiger partial charge in [0.25, 0.3) is 5.91 Å². The van der Waals surface area contributed by atoms with Crippen molar-refractivity contribution in [3.8, 4) is 0 Å². The van der Waals surface area contributed by atoms with Crippen molar-refractivity contribution in [3.63, 3.8) is 0 Å². The predicted molar refractivity (Wildman–Crippen MR) is 126 cm³/mol. The predicted octanol–water partition coefficient (Wildman–Crippen LogP) is 3.81. The molecule has 0 atom stereocenters. The van der Waals surface area contributed by atoms with E-state index in [9.17, 15) is 9.59 Å². The Morgan fingerprint density at radius 1 is 0.812 bits per heavy atom. The van der Waals surface area contributed by atoms with Crippen LogP contribution >= 0.6 is 0 Å². The zero-order chi connectivity index (χ0) is 22.3. The molecule has 0 saturated heterocycles. The number of carbonyl (C=O) groups excluding carboxylic acids is 2. The monoisotopic (exact) mass is 427 g/mol. The molecule has 1 heterocycles. The standard InChI is InChI=1S/C27H29N3O2/c1-20(31)28-16-22-10-12-23(13-11-22)18-30-15-14-25-24(19-30)8-5-9-26(25)27(32)29-17-21-6-3-2-4-7-21/h2-13H,14-19H2,1H3,(H,28,31)(H,29,32). The molecule has 0 spiro atoms. The molecule has 4 rings (SSSR count). The Bertz CT molecular complexity index is 1080. The van der Waals surface area contributed by atoms with Crippen molar-refractivity contribution in [3.05, 3.63) is 106 Å². The third kappa shape index (κ3) is 5.62. The summed E-state index contributed by atoms with van der Waals surface area (Å²) in [4.78, 5) is 26.3. The van der Waals surface area contributed by atoms with Crippen LogP contribution in [0.3, 0.4) is 0 Å². The molecule has 0 unspecified atom stereocenters. The van der Waals surface area contributed by atoms with E-state index in [0.717, 1.165) is 42.7 Å². The summed E-state index contributed by atoms with van der Waals surface area (Å²) in [7, 11) is 0. The van der Waals surface area contributed by atoms with Crippen LogP contribution in [-0.4, -0.2) is 23.3 Å². The number of benzene rings is 3. The van der Waals surface area contributed by atoms with Crippen LogP contribution in [0.1, 0.15) is 45.1 Å². The number of hydrogen-bond donors (Lipinski definition) is 2.